The normalized spacial score (nSPS) is 20.5. The van der Waals surface area contributed by atoms with Gasteiger partial charge in [-0.1, -0.05) is 13.8 Å². The number of aromatic nitrogens is 2. The first kappa shape index (κ1) is 13.5. The number of nitrogens with one attached hydrogen (secondary N) is 1. The minimum atomic E-state index is -0.412. The molecule has 0 radical (unpaired) electrons. The number of hydrogen-bond donors (Lipinski definition) is 2. The van der Waals surface area contributed by atoms with E-state index in [4.69, 9.17) is 0 Å². The third kappa shape index (κ3) is 2.59. The average molecular weight is 316 g/mol. The molecule has 0 spiro atoms. The quantitative estimate of drug-likeness (QED) is 0.875. The van der Waals surface area contributed by atoms with E-state index in [0.717, 1.165) is 23.0 Å². The fourth-order valence-corrected chi connectivity index (χ4v) is 2.96. The van der Waals surface area contributed by atoms with Crippen LogP contribution in [0.25, 0.3) is 0 Å². The van der Waals surface area contributed by atoms with Crippen LogP contribution in [0.4, 0.5) is 0 Å². The SMILES string of the molecule is CC(C)c1[nH]nc(C(=O)N2CCCC(O)C2)c1Br. The molecule has 1 atom stereocenters. The Morgan fingerprint density at radius 2 is 2.33 bits per heavy atom. The van der Waals surface area contributed by atoms with Crippen molar-refractivity contribution in [3.8, 4) is 0 Å². The van der Waals surface area contributed by atoms with Crippen LogP contribution < -0.4 is 0 Å². The number of aliphatic hydroxyl groups is 1. The molecular formula is C12H18BrN3O2. The summed E-state index contributed by atoms with van der Waals surface area (Å²) in [6.45, 7) is 5.16. The number of nitrogens with zero attached hydrogens (tertiary/aromatic N) is 2. The van der Waals surface area contributed by atoms with Gasteiger partial charge in [0.1, 0.15) is 0 Å². The Balaban J connectivity index is 2.18. The molecule has 1 saturated heterocycles. The smallest absolute Gasteiger partial charge is 0.275 e. The van der Waals surface area contributed by atoms with Gasteiger partial charge in [0.25, 0.3) is 5.91 Å². The van der Waals surface area contributed by atoms with Crippen molar-refractivity contribution < 1.29 is 9.90 Å². The number of halogens is 1. The lowest BCUT2D eigenvalue weighted by Crippen LogP contribution is -2.42. The highest BCUT2D eigenvalue weighted by atomic mass is 79.9. The number of carbonyl (C=O) groups excluding carboxylic acids is 1. The molecule has 2 heterocycles. The maximum atomic E-state index is 12.3. The summed E-state index contributed by atoms with van der Waals surface area (Å²) < 4.78 is 0.738. The Morgan fingerprint density at radius 3 is 2.89 bits per heavy atom. The van der Waals surface area contributed by atoms with E-state index in [1.54, 1.807) is 4.90 Å². The molecule has 100 valence electrons. The van der Waals surface area contributed by atoms with Crippen molar-refractivity contribution in [2.45, 2.75) is 38.7 Å². The Bertz CT molecular complexity index is 445. The number of piperidine rings is 1. The molecule has 1 aromatic rings. The van der Waals surface area contributed by atoms with Gasteiger partial charge in [0.15, 0.2) is 5.69 Å². The number of aliphatic hydroxyl groups excluding tert-OH is 1. The summed E-state index contributed by atoms with van der Waals surface area (Å²) in [4.78, 5) is 14.0. The van der Waals surface area contributed by atoms with Gasteiger partial charge in [0.05, 0.1) is 16.3 Å². The van der Waals surface area contributed by atoms with E-state index in [-0.39, 0.29) is 11.8 Å². The third-order valence-electron chi connectivity index (χ3n) is 3.20. The molecule has 0 aliphatic carbocycles. The van der Waals surface area contributed by atoms with Crippen LogP contribution >= 0.6 is 15.9 Å². The molecule has 1 aliphatic heterocycles. The van der Waals surface area contributed by atoms with Crippen LogP contribution in [0.2, 0.25) is 0 Å². The summed E-state index contributed by atoms with van der Waals surface area (Å²) in [7, 11) is 0. The summed E-state index contributed by atoms with van der Waals surface area (Å²) in [5.41, 5.74) is 1.34. The van der Waals surface area contributed by atoms with Crippen LogP contribution in [0.5, 0.6) is 0 Å². The second-order valence-electron chi connectivity index (χ2n) is 5.00. The van der Waals surface area contributed by atoms with Crippen LogP contribution in [0.1, 0.15) is 48.8 Å². The van der Waals surface area contributed by atoms with Crippen molar-refractivity contribution in [1.82, 2.24) is 15.1 Å². The van der Waals surface area contributed by atoms with Crippen LogP contribution in [-0.4, -0.2) is 45.3 Å². The molecule has 1 aliphatic rings. The molecule has 6 heteroatoms. The average Bonchev–Trinajstić information content (AvgIpc) is 2.70. The number of rotatable bonds is 2. The van der Waals surface area contributed by atoms with Gasteiger partial charge in [0.2, 0.25) is 0 Å². The van der Waals surface area contributed by atoms with E-state index in [1.165, 1.54) is 0 Å². The van der Waals surface area contributed by atoms with E-state index in [2.05, 4.69) is 26.1 Å². The minimum Gasteiger partial charge on any atom is -0.391 e. The highest BCUT2D eigenvalue weighted by Gasteiger charge is 2.27. The van der Waals surface area contributed by atoms with Gasteiger partial charge in [-0.3, -0.25) is 9.89 Å². The highest BCUT2D eigenvalue weighted by molar-refractivity contribution is 9.10. The first-order valence-corrected chi connectivity index (χ1v) is 7.01. The molecule has 5 nitrogen and oxygen atoms in total. The predicted molar refractivity (Wildman–Crippen MR) is 71.5 cm³/mol. The van der Waals surface area contributed by atoms with Gasteiger partial charge in [-0.25, -0.2) is 0 Å². The molecule has 1 unspecified atom stereocenters. The van der Waals surface area contributed by atoms with Gasteiger partial charge in [0, 0.05) is 13.1 Å². The number of likely N-dealkylation sites (tertiary alicyclic amines) is 1. The monoisotopic (exact) mass is 315 g/mol. The summed E-state index contributed by atoms with van der Waals surface area (Å²) in [6, 6.07) is 0. The van der Waals surface area contributed by atoms with Gasteiger partial charge in [-0.15, -0.1) is 0 Å². The molecule has 18 heavy (non-hydrogen) atoms. The van der Waals surface area contributed by atoms with E-state index in [1.807, 2.05) is 13.8 Å². The molecule has 0 saturated carbocycles. The van der Waals surface area contributed by atoms with E-state index in [0.29, 0.717) is 18.8 Å². The van der Waals surface area contributed by atoms with Crippen molar-refractivity contribution >= 4 is 21.8 Å². The lowest BCUT2D eigenvalue weighted by atomic mass is 10.1. The standard InChI is InChI=1S/C12H18BrN3O2/c1-7(2)10-9(13)11(15-14-10)12(18)16-5-3-4-8(17)6-16/h7-8,17H,3-6H2,1-2H3,(H,14,15). The molecule has 2 N–H and O–H groups in total. The van der Waals surface area contributed by atoms with Crippen molar-refractivity contribution in [3.63, 3.8) is 0 Å². The van der Waals surface area contributed by atoms with Crippen molar-refractivity contribution in [1.29, 1.82) is 0 Å². The molecule has 1 amide bonds. The fourth-order valence-electron chi connectivity index (χ4n) is 2.16. The zero-order valence-corrected chi connectivity index (χ0v) is 12.2. The van der Waals surface area contributed by atoms with Crippen LogP contribution in [0, 0.1) is 0 Å². The highest BCUT2D eigenvalue weighted by Crippen LogP contribution is 2.27. The fraction of sp³-hybridized carbons (Fsp3) is 0.667. The number of H-pyrrole nitrogens is 1. The molecule has 1 aromatic heterocycles. The van der Waals surface area contributed by atoms with Gasteiger partial charge in [-0.05, 0) is 34.7 Å². The summed E-state index contributed by atoms with van der Waals surface area (Å²) in [5.74, 6) is 0.157. The molecule has 2 rings (SSSR count). The van der Waals surface area contributed by atoms with E-state index < -0.39 is 6.10 Å². The molecular weight excluding hydrogens is 298 g/mol. The summed E-state index contributed by atoms with van der Waals surface area (Å²) in [5, 5.41) is 16.6. The molecule has 0 bridgehead atoms. The van der Waals surface area contributed by atoms with Crippen LogP contribution in [0.15, 0.2) is 4.47 Å². The van der Waals surface area contributed by atoms with Crippen molar-refractivity contribution in [2.24, 2.45) is 0 Å². The van der Waals surface area contributed by atoms with E-state index in [9.17, 15) is 9.90 Å². The molecule has 0 aromatic carbocycles. The summed E-state index contributed by atoms with van der Waals surface area (Å²) in [6.07, 6.45) is 1.19. The second kappa shape index (κ2) is 5.40. The number of β-amino-alcohol motifs (C(OH)–C–C–N with tert-alkyl or cyclic N) is 1. The predicted octanol–water partition coefficient (Wildman–Crippen LogP) is 1.89. The Morgan fingerprint density at radius 1 is 1.61 bits per heavy atom. The Labute approximate surface area is 115 Å². The van der Waals surface area contributed by atoms with Gasteiger partial charge < -0.3 is 10.0 Å². The van der Waals surface area contributed by atoms with Gasteiger partial charge in [-0.2, -0.15) is 5.10 Å². The lowest BCUT2D eigenvalue weighted by molar-refractivity contribution is 0.0468. The van der Waals surface area contributed by atoms with Gasteiger partial charge >= 0.3 is 0 Å². The Hall–Kier alpha value is -0.880. The first-order chi connectivity index (χ1) is 8.50. The third-order valence-corrected chi connectivity index (χ3v) is 4.00. The largest absolute Gasteiger partial charge is 0.391 e. The van der Waals surface area contributed by atoms with Crippen molar-refractivity contribution in [2.75, 3.05) is 13.1 Å². The zero-order chi connectivity index (χ0) is 13.3. The summed E-state index contributed by atoms with van der Waals surface area (Å²) >= 11 is 3.43. The van der Waals surface area contributed by atoms with Crippen LogP contribution in [-0.2, 0) is 0 Å². The number of amides is 1. The number of aromatic amines is 1. The number of carbonyl (C=O) groups is 1. The maximum Gasteiger partial charge on any atom is 0.275 e. The minimum absolute atomic E-state index is 0.122. The molecule has 1 fully saturated rings. The lowest BCUT2D eigenvalue weighted by Gasteiger charge is -2.29. The first-order valence-electron chi connectivity index (χ1n) is 6.21. The Kier molecular flexibility index (Phi) is 4.07. The maximum absolute atomic E-state index is 12.3. The van der Waals surface area contributed by atoms with Crippen LogP contribution in [0.3, 0.4) is 0 Å². The topological polar surface area (TPSA) is 69.2 Å². The second-order valence-corrected chi connectivity index (χ2v) is 5.79. The van der Waals surface area contributed by atoms with Crippen molar-refractivity contribution in [3.05, 3.63) is 15.9 Å². The number of hydrogen-bond acceptors (Lipinski definition) is 3. The van der Waals surface area contributed by atoms with E-state index >= 15 is 0 Å². The zero-order valence-electron chi connectivity index (χ0n) is 10.6.